The van der Waals surface area contributed by atoms with Gasteiger partial charge >= 0.3 is 12.2 Å². The van der Waals surface area contributed by atoms with Gasteiger partial charge in [-0.3, -0.25) is 4.79 Å². The molecule has 0 unspecified atom stereocenters. The third-order valence-corrected chi connectivity index (χ3v) is 5.72. The maximum Gasteiger partial charge on any atom is 0.410 e. The fraction of sp³-hybridized carbons (Fsp3) is 0.682. The number of carbonyl (C=O) groups excluding carboxylic acids is 3. The fourth-order valence-corrected chi connectivity index (χ4v) is 4.14. The molecule has 1 aromatic heterocycles. The maximum atomic E-state index is 13.2. The van der Waals surface area contributed by atoms with E-state index in [9.17, 15) is 14.4 Å². The Labute approximate surface area is 183 Å². The van der Waals surface area contributed by atoms with Gasteiger partial charge in [-0.2, -0.15) is 0 Å². The van der Waals surface area contributed by atoms with Gasteiger partial charge in [0.25, 0.3) is 5.91 Å². The molecule has 2 aliphatic heterocycles. The number of ether oxygens (including phenoxy) is 2. The van der Waals surface area contributed by atoms with E-state index in [1.165, 1.54) is 7.11 Å². The van der Waals surface area contributed by atoms with Gasteiger partial charge < -0.3 is 28.7 Å². The Kier molecular flexibility index (Phi) is 7.12. The first-order valence-electron chi connectivity index (χ1n) is 11.0. The number of aromatic nitrogens is 1. The highest BCUT2D eigenvalue weighted by Gasteiger charge is 2.30. The number of likely N-dealkylation sites (tertiary alicyclic amines) is 1. The Morgan fingerprint density at radius 2 is 1.52 bits per heavy atom. The predicted octanol–water partition coefficient (Wildman–Crippen LogP) is 2.97. The molecule has 2 aliphatic rings. The quantitative estimate of drug-likeness (QED) is 0.715. The number of hydrogen-bond donors (Lipinski definition) is 0. The fourth-order valence-electron chi connectivity index (χ4n) is 4.14. The second-order valence-electron chi connectivity index (χ2n) is 9.10. The van der Waals surface area contributed by atoms with Gasteiger partial charge in [0, 0.05) is 51.5 Å². The van der Waals surface area contributed by atoms with E-state index in [0.29, 0.717) is 45.0 Å². The van der Waals surface area contributed by atoms with E-state index in [-0.39, 0.29) is 24.1 Å². The zero-order valence-corrected chi connectivity index (χ0v) is 19.0. The lowest BCUT2D eigenvalue weighted by Crippen LogP contribution is -2.42. The van der Waals surface area contributed by atoms with Gasteiger partial charge in [-0.05, 0) is 52.2 Å². The number of hydrogen-bond acceptors (Lipinski definition) is 5. The summed E-state index contributed by atoms with van der Waals surface area (Å²) in [5.41, 5.74) is 0.145. The van der Waals surface area contributed by atoms with Crippen LogP contribution in [-0.4, -0.2) is 89.3 Å². The van der Waals surface area contributed by atoms with E-state index in [2.05, 4.69) is 0 Å². The van der Waals surface area contributed by atoms with Crippen LogP contribution in [0.25, 0.3) is 0 Å². The molecule has 2 fully saturated rings. The molecular weight excluding hydrogens is 400 g/mol. The van der Waals surface area contributed by atoms with Crippen LogP contribution in [0.1, 0.15) is 56.6 Å². The summed E-state index contributed by atoms with van der Waals surface area (Å²) < 4.78 is 12.3. The SMILES string of the molecule is COC(=O)N1CCCN(C(=O)c2cccn2C2CCN(C(=O)OC(C)(C)C)CC2)CC1. The van der Waals surface area contributed by atoms with Crippen molar-refractivity contribution in [3.63, 3.8) is 0 Å². The van der Waals surface area contributed by atoms with Crippen LogP contribution < -0.4 is 0 Å². The molecule has 1 aromatic rings. The van der Waals surface area contributed by atoms with E-state index in [0.717, 1.165) is 19.3 Å². The average Bonchev–Trinajstić information content (AvgIpc) is 3.09. The maximum absolute atomic E-state index is 13.2. The lowest BCUT2D eigenvalue weighted by atomic mass is 10.0. The van der Waals surface area contributed by atoms with Crippen molar-refractivity contribution in [3.8, 4) is 0 Å². The third kappa shape index (κ3) is 5.71. The number of methoxy groups -OCH3 is 1. The summed E-state index contributed by atoms with van der Waals surface area (Å²) in [7, 11) is 1.37. The Morgan fingerprint density at radius 3 is 2.16 bits per heavy atom. The molecule has 0 atom stereocenters. The number of nitrogens with zero attached hydrogens (tertiary/aromatic N) is 4. The van der Waals surface area contributed by atoms with E-state index in [1.54, 1.807) is 9.80 Å². The zero-order chi connectivity index (χ0) is 22.6. The van der Waals surface area contributed by atoms with Crippen molar-refractivity contribution in [2.24, 2.45) is 0 Å². The van der Waals surface area contributed by atoms with Gasteiger partial charge in [-0.1, -0.05) is 0 Å². The summed E-state index contributed by atoms with van der Waals surface area (Å²) >= 11 is 0. The summed E-state index contributed by atoms with van der Waals surface area (Å²) in [6.07, 6.45) is 3.56. The molecule has 2 saturated heterocycles. The van der Waals surface area contributed by atoms with Gasteiger partial charge in [-0.15, -0.1) is 0 Å². The van der Waals surface area contributed by atoms with Crippen molar-refractivity contribution >= 4 is 18.1 Å². The first-order valence-corrected chi connectivity index (χ1v) is 11.0. The standard InChI is InChI=1S/C22H34N4O5/c1-22(2,3)31-21(29)25-13-8-17(9-14-25)26-12-5-7-18(26)19(27)23-10-6-11-24(16-15-23)20(28)30-4/h5,7,12,17H,6,8-11,13-16H2,1-4H3. The Balaban J connectivity index is 1.60. The number of amides is 3. The highest BCUT2D eigenvalue weighted by atomic mass is 16.6. The van der Waals surface area contributed by atoms with Crippen LogP contribution in [0.15, 0.2) is 18.3 Å². The first-order chi connectivity index (χ1) is 14.7. The van der Waals surface area contributed by atoms with Gasteiger partial charge in [0.2, 0.25) is 0 Å². The molecule has 9 nitrogen and oxygen atoms in total. The van der Waals surface area contributed by atoms with Gasteiger partial charge in [0.15, 0.2) is 0 Å². The molecule has 0 spiro atoms. The van der Waals surface area contributed by atoms with Crippen LogP contribution in [0.3, 0.4) is 0 Å². The topological polar surface area (TPSA) is 84.3 Å². The van der Waals surface area contributed by atoms with Gasteiger partial charge in [-0.25, -0.2) is 9.59 Å². The first kappa shape index (κ1) is 23.0. The monoisotopic (exact) mass is 434 g/mol. The molecule has 3 rings (SSSR count). The van der Waals surface area contributed by atoms with Crippen LogP contribution in [0, 0.1) is 0 Å². The molecule has 0 saturated carbocycles. The van der Waals surface area contributed by atoms with Crippen molar-refractivity contribution in [1.29, 1.82) is 0 Å². The highest BCUT2D eigenvalue weighted by molar-refractivity contribution is 5.93. The normalized spacial score (nSPS) is 18.5. The van der Waals surface area contributed by atoms with E-state index < -0.39 is 5.60 Å². The van der Waals surface area contributed by atoms with Crippen molar-refractivity contribution in [3.05, 3.63) is 24.0 Å². The number of carbonyl (C=O) groups is 3. The average molecular weight is 435 g/mol. The van der Waals surface area contributed by atoms with E-state index in [1.807, 2.05) is 48.6 Å². The molecule has 172 valence electrons. The highest BCUT2D eigenvalue weighted by Crippen LogP contribution is 2.26. The molecule has 0 aliphatic carbocycles. The molecule has 0 N–H and O–H groups in total. The Hall–Kier alpha value is -2.71. The molecule has 0 radical (unpaired) electrons. The lowest BCUT2D eigenvalue weighted by Gasteiger charge is -2.34. The van der Waals surface area contributed by atoms with Crippen LogP contribution >= 0.6 is 0 Å². The van der Waals surface area contributed by atoms with Gasteiger partial charge in [0.1, 0.15) is 11.3 Å². The predicted molar refractivity (Wildman–Crippen MR) is 115 cm³/mol. The van der Waals surface area contributed by atoms with Crippen molar-refractivity contribution in [2.45, 2.75) is 51.7 Å². The lowest BCUT2D eigenvalue weighted by molar-refractivity contribution is 0.0186. The molecule has 0 bridgehead atoms. The third-order valence-electron chi connectivity index (χ3n) is 5.72. The summed E-state index contributed by atoms with van der Waals surface area (Å²) in [6, 6.07) is 3.91. The van der Waals surface area contributed by atoms with Gasteiger partial charge in [0.05, 0.1) is 7.11 Å². The smallest absolute Gasteiger partial charge is 0.410 e. The van der Waals surface area contributed by atoms with Crippen LogP contribution in [0.4, 0.5) is 9.59 Å². The zero-order valence-electron chi connectivity index (χ0n) is 19.0. The number of piperidine rings is 1. The molecule has 3 amide bonds. The van der Waals surface area contributed by atoms with Crippen molar-refractivity contribution in [1.82, 2.24) is 19.3 Å². The minimum Gasteiger partial charge on any atom is -0.453 e. The van der Waals surface area contributed by atoms with Crippen molar-refractivity contribution in [2.75, 3.05) is 46.4 Å². The largest absolute Gasteiger partial charge is 0.453 e. The van der Waals surface area contributed by atoms with Crippen LogP contribution in [-0.2, 0) is 9.47 Å². The molecule has 3 heterocycles. The summed E-state index contributed by atoms with van der Waals surface area (Å²) in [5, 5.41) is 0. The molecular formula is C22H34N4O5. The Morgan fingerprint density at radius 1 is 0.903 bits per heavy atom. The van der Waals surface area contributed by atoms with Crippen molar-refractivity contribution < 1.29 is 23.9 Å². The summed E-state index contributed by atoms with van der Waals surface area (Å²) in [5.74, 6) is -0.0220. The molecule has 9 heteroatoms. The summed E-state index contributed by atoms with van der Waals surface area (Å²) in [6.45, 7) is 8.93. The second-order valence-corrected chi connectivity index (χ2v) is 9.10. The number of rotatable bonds is 2. The molecule has 31 heavy (non-hydrogen) atoms. The second kappa shape index (κ2) is 9.62. The van der Waals surface area contributed by atoms with E-state index >= 15 is 0 Å². The minimum absolute atomic E-state index is 0.0220. The van der Waals surface area contributed by atoms with Crippen LogP contribution in [0.5, 0.6) is 0 Å². The minimum atomic E-state index is -0.509. The molecule has 0 aromatic carbocycles. The summed E-state index contributed by atoms with van der Waals surface area (Å²) in [4.78, 5) is 42.5. The van der Waals surface area contributed by atoms with E-state index in [4.69, 9.17) is 9.47 Å². The Bertz CT molecular complexity index is 792. The van der Waals surface area contributed by atoms with Crippen LogP contribution in [0.2, 0.25) is 0 Å².